The number of carbonyl (C=O) groups excluding carboxylic acids is 1. The van der Waals surface area contributed by atoms with Crippen molar-refractivity contribution in [2.45, 2.75) is 19.4 Å². The van der Waals surface area contributed by atoms with Crippen molar-refractivity contribution in [1.82, 2.24) is 14.7 Å². The number of piperidine rings is 1. The van der Waals surface area contributed by atoms with Crippen LogP contribution >= 0.6 is 0 Å². The molecule has 1 fully saturated rings. The standard InChI is InChI=1S/C19H28FN3O3/c1-21(2)9-10-23(14-18(24)25)19(26)16-6-4-8-22(13-16)12-15-5-3-7-17(20)11-15/h3,5,7,11,16H,4,6,8-10,12-14H2,1-2H3,(H,24,25)/t16-/m0/s1. The lowest BCUT2D eigenvalue weighted by Crippen LogP contribution is -2.47. The zero-order valence-corrected chi connectivity index (χ0v) is 15.5. The molecule has 0 spiro atoms. The highest BCUT2D eigenvalue weighted by molar-refractivity contribution is 5.83. The number of likely N-dealkylation sites (tertiary alicyclic amines) is 1. The van der Waals surface area contributed by atoms with Crippen LogP contribution in [0.5, 0.6) is 0 Å². The molecule has 1 aromatic carbocycles. The topological polar surface area (TPSA) is 64.1 Å². The van der Waals surface area contributed by atoms with E-state index in [4.69, 9.17) is 5.11 Å². The first-order valence-electron chi connectivity index (χ1n) is 8.97. The van der Waals surface area contributed by atoms with E-state index in [-0.39, 0.29) is 24.2 Å². The van der Waals surface area contributed by atoms with Gasteiger partial charge in [-0.05, 0) is 51.2 Å². The van der Waals surface area contributed by atoms with E-state index < -0.39 is 5.97 Å². The highest BCUT2D eigenvalue weighted by Gasteiger charge is 2.30. The highest BCUT2D eigenvalue weighted by atomic mass is 19.1. The first-order chi connectivity index (χ1) is 12.3. The Morgan fingerprint density at radius 2 is 2.08 bits per heavy atom. The van der Waals surface area contributed by atoms with Crippen LogP contribution in [-0.4, -0.2) is 78.5 Å². The molecule has 1 aliphatic rings. The van der Waals surface area contributed by atoms with Gasteiger partial charge >= 0.3 is 5.97 Å². The van der Waals surface area contributed by atoms with Gasteiger partial charge in [-0.1, -0.05) is 12.1 Å². The zero-order chi connectivity index (χ0) is 19.1. The average Bonchev–Trinajstić information content (AvgIpc) is 2.58. The fraction of sp³-hybridized carbons (Fsp3) is 0.579. The van der Waals surface area contributed by atoms with E-state index in [2.05, 4.69) is 4.90 Å². The summed E-state index contributed by atoms with van der Waals surface area (Å²) < 4.78 is 13.4. The second-order valence-electron chi connectivity index (χ2n) is 7.16. The minimum Gasteiger partial charge on any atom is -0.480 e. The minimum absolute atomic E-state index is 0.0989. The molecule has 0 aromatic heterocycles. The van der Waals surface area contributed by atoms with E-state index in [1.54, 1.807) is 6.07 Å². The lowest BCUT2D eigenvalue weighted by atomic mass is 9.96. The molecule has 0 aliphatic carbocycles. The Bertz CT molecular complexity index is 624. The average molecular weight is 365 g/mol. The van der Waals surface area contributed by atoms with Gasteiger partial charge in [0.05, 0.1) is 5.92 Å². The number of carbonyl (C=O) groups is 2. The van der Waals surface area contributed by atoms with Gasteiger partial charge in [-0.2, -0.15) is 0 Å². The summed E-state index contributed by atoms with van der Waals surface area (Å²) in [5.74, 6) is -1.56. The zero-order valence-electron chi connectivity index (χ0n) is 15.5. The normalized spacial score (nSPS) is 18.1. The second kappa shape index (κ2) is 9.64. The Labute approximate surface area is 154 Å². The predicted octanol–water partition coefficient (Wildman–Crippen LogP) is 1.51. The fourth-order valence-electron chi connectivity index (χ4n) is 3.30. The van der Waals surface area contributed by atoms with Gasteiger partial charge in [0.2, 0.25) is 5.91 Å². The number of benzene rings is 1. The molecule has 7 heteroatoms. The maximum atomic E-state index is 13.4. The Kier molecular flexibility index (Phi) is 7.53. The third kappa shape index (κ3) is 6.38. The Hall–Kier alpha value is -1.99. The number of carboxylic acid groups (broad SMARTS) is 1. The Morgan fingerprint density at radius 1 is 1.31 bits per heavy atom. The van der Waals surface area contributed by atoms with Crippen molar-refractivity contribution >= 4 is 11.9 Å². The van der Waals surface area contributed by atoms with Gasteiger partial charge in [-0.25, -0.2) is 4.39 Å². The van der Waals surface area contributed by atoms with E-state index in [0.29, 0.717) is 26.2 Å². The molecule has 1 aliphatic heterocycles. The van der Waals surface area contributed by atoms with Gasteiger partial charge in [-0.3, -0.25) is 14.5 Å². The van der Waals surface area contributed by atoms with Gasteiger partial charge in [0.25, 0.3) is 0 Å². The molecule has 1 heterocycles. The third-order valence-corrected chi connectivity index (χ3v) is 4.60. The number of carboxylic acids is 1. The number of hydrogen-bond donors (Lipinski definition) is 1. The largest absolute Gasteiger partial charge is 0.480 e. The summed E-state index contributed by atoms with van der Waals surface area (Å²) in [6, 6.07) is 6.50. The summed E-state index contributed by atoms with van der Waals surface area (Å²) >= 11 is 0. The van der Waals surface area contributed by atoms with Crippen LogP contribution in [-0.2, 0) is 16.1 Å². The van der Waals surface area contributed by atoms with Crippen molar-refractivity contribution in [3.05, 3.63) is 35.6 Å². The number of halogens is 1. The molecule has 2 rings (SSSR count). The first kappa shape index (κ1) is 20.3. The van der Waals surface area contributed by atoms with E-state index in [1.807, 2.05) is 25.1 Å². The van der Waals surface area contributed by atoms with Crippen LogP contribution in [0.4, 0.5) is 4.39 Å². The maximum absolute atomic E-state index is 13.4. The van der Waals surface area contributed by atoms with Crippen LogP contribution in [0.25, 0.3) is 0 Å². The van der Waals surface area contributed by atoms with E-state index in [9.17, 15) is 14.0 Å². The smallest absolute Gasteiger partial charge is 0.323 e. The minimum atomic E-state index is -0.996. The fourth-order valence-corrected chi connectivity index (χ4v) is 3.30. The molecule has 1 atom stereocenters. The van der Waals surface area contributed by atoms with E-state index >= 15 is 0 Å². The quantitative estimate of drug-likeness (QED) is 0.757. The third-order valence-electron chi connectivity index (χ3n) is 4.60. The molecule has 1 saturated heterocycles. The molecule has 1 aromatic rings. The van der Waals surface area contributed by atoms with Crippen LogP contribution in [0, 0.1) is 11.7 Å². The van der Waals surface area contributed by atoms with Crippen molar-refractivity contribution in [3.63, 3.8) is 0 Å². The van der Waals surface area contributed by atoms with Gasteiger partial charge in [0, 0.05) is 26.2 Å². The molecule has 0 saturated carbocycles. The van der Waals surface area contributed by atoms with E-state index in [1.165, 1.54) is 17.0 Å². The molecule has 6 nitrogen and oxygen atoms in total. The molecule has 0 bridgehead atoms. The summed E-state index contributed by atoms with van der Waals surface area (Å²) in [6.07, 6.45) is 1.64. The summed E-state index contributed by atoms with van der Waals surface area (Å²) in [6.45, 7) is 2.78. The molecular formula is C19H28FN3O3. The van der Waals surface area contributed by atoms with Crippen LogP contribution in [0.3, 0.4) is 0 Å². The molecule has 26 heavy (non-hydrogen) atoms. The van der Waals surface area contributed by atoms with Crippen LogP contribution in [0.1, 0.15) is 18.4 Å². The van der Waals surface area contributed by atoms with Crippen molar-refractivity contribution < 1.29 is 19.1 Å². The molecule has 144 valence electrons. The number of hydrogen-bond acceptors (Lipinski definition) is 4. The summed E-state index contributed by atoms with van der Waals surface area (Å²) in [7, 11) is 3.79. The lowest BCUT2D eigenvalue weighted by molar-refractivity contribution is -0.147. The predicted molar refractivity (Wildman–Crippen MR) is 97.2 cm³/mol. The van der Waals surface area contributed by atoms with Crippen molar-refractivity contribution in [2.24, 2.45) is 5.92 Å². The molecular weight excluding hydrogens is 337 g/mol. The number of aliphatic carboxylic acids is 1. The van der Waals surface area contributed by atoms with E-state index in [0.717, 1.165) is 24.9 Å². The second-order valence-corrected chi connectivity index (χ2v) is 7.16. The van der Waals surface area contributed by atoms with Gasteiger partial charge in [-0.15, -0.1) is 0 Å². The van der Waals surface area contributed by atoms with Gasteiger partial charge in [0.1, 0.15) is 12.4 Å². The summed E-state index contributed by atoms with van der Waals surface area (Å²) in [4.78, 5) is 29.5. The Morgan fingerprint density at radius 3 is 2.73 bits per heavy atom. The number of nitrogens with zero attached hydrogens (tertiary/aromatic N) is 3. The lowest BCUT2D eigenvalue weighted by Gasteiger charge is -2.35. The SMILES string of the molecule is CN(C)CCN(CC(=O)O)C(=O)[C@H]1CCCN(Cc2cccc(F)c2)C1. The summed E-state index contributed by atoms with van der Waals surface area (Å²) in [5.41, 5.74) is 0.882. The highest BCUT2D eigenvalue weighted by Crippen LogP contribution is 2.21. The number of amides is 1. The molecule has 1 N–H and O–H groups in total. The monoisotopic (exact) mass is 365 g/mol. The molecule has 0 unspecified atom stereocenters. The molecule has 1 amide bonds. The number of rotatable bonds is 8. The first-order valence-corrected chi connectivity index (χ1v) is 8.97. The van der Waals surface area contributed by atoms with Gasteiger partial charge < -0.3 is 14.9 Å². The molecule has 0 radical (unpaired) electrons. The Balaban J connectivity index is 1.98. The van der Waals surface area contributed by atoms with Gasteiger partial charge in [0.15, 0.2) is 0 Å². The summed E-state index contributed by atoms with van der Waals surface area (Å²) in [5, 5.41) is 9.12. The van der Waals surface area contributed by atoms with Crippen LogP contribution in [0.15, 0.2) is 24.3 Å². The number of likely N-dealkylation sites (N-methyl/N-ethyl adjacent to an activating group) is 1. The van der Waals surface area contributed by atoms with Crippen molar-refractivity contribution in [1.29, 1.82) is 0 Å². The van der Waals surface area contributed by atoms with Crippen LogP contribution in [0.2, 0.25) is 0 Å². The van der Waals surface area contributed by atoms with Crippen molar-refractivity contribution in [3.8, 4) is 0 Å². The van der Waals surface area contributed by atoms with Crippen molar-refractivity contribution in [2.75, 3.05) is 46.8 Å². The van der Waals surface area contributed by atoms with Crippen LogP contribution < -0.4 is 0 Å². The maximum Gasteiger partial charge on any atom is 0.323 e.